The topological polar surface area (TPSA) is 49.4 Å². The highest BCUT2D eigenvalue weighted by atomic mass is 32.2. The van der Waals surface area contributed by atoms with Crippen molar-refractivity contribution in [3.8, 4) is 0 Å². The number of thiophene rings is 1. The second-order valence-electron chi connectivity index (χ2n) is 6.11. The average Bonchev–Trinajstić information content (AvgIpc) is 3.14. The largest absolute Gasteiger partial charge is 0.350 e. The summed E-state index contributed by atoms with van der Waals surface area (Å²) in [5.41, 5.74) is 2.54. The van der Waals surface area contributed by atoms with Gasteiger partial charge >= 0.3 is 0 Å². The van der Waals surface area contributed by atoms with E-state index in [2.05, 4.69) is 37.4 Å². The zero-order valence-corrected chi connectivity index (χ0v) is 17.2. The molecule has 26 heavy (non-hydrogen) atoms. The molecule has 1 heterocycles. The Morgan fingerprint density at radius 3 is 2.65 bits per heavy atom. The van der Waals surface area contributed by atoms with Crippen molar-refractivity contribution in [2.75, 3.05) is 18.8 Å². The molecular weight excluding hydrogens is 364 g/mol. The molecule has 0 saturated heterocycles. The van der Waals surface area contributed by atoms with Gasteiger partial charge in [0.05, 0.1) is 13.1 Å². The Bertz CT molecular complexity index is 729. The first kappa shape index (κ1) is 20.5. The van der Waals surface area contributed by atoms with Crippen LogP contribution in [0.3, 0.4) is 0 Å². The summed E-state index contributed by atoms with van der Waals surface area (Å²) >= 11 is 3.29. The molecule has 4 nitrogen and oxygen atoms in total. The van der Waals surface area contributed by atoms with E-state index < -0.39 is 0 Å². The Morgan fingerprint density at radius 2 is 2.00 bits per heavy atom. The van der Waals surface area contributed by atoms with Gasteiger partial charge in [0.2, 0.25) is 11.8 Å². The lowest BCUT2D eigenvalue weighted by atomic mass is 10.1. The van der Waals surface area contributed by atoms with E-state index in [1.807, 2.05) is 24.4 Å². The number of nitrogens with zero attached hydrogens (tertiary/aromatic N) is 1. The Morgan fingerprint density at radius 1 is 1.19 bits per heavy atom. The summed E-state index contributed by atoms with van der Waals surface area (Å²) in [6.07, 6.45) is 0.434. The normalized spacial score (nSPS) is 10.6. The second kappa shape index (κ2) is 10.4. The Balaban J connectivity index is 1.74. The maximum absolute atomic E-state index is 12.4. The van der Waals surface area contributed by atoms with Crippen LogP contribution >= 0.6 is 23.1 Å². The Hall–Kier alpha value is -1.79. The number of hydrogen-bond donors (Lipinski definition) is 1. The molecule has 0 saturated carbocycles. The number of carbonyl (C=O) groups excluding carboxylic acids is 2. The van der Waals surface area contributed by atoms with Crippen LogP contribution in [0.15, 0.2) is 40.6 Å². The third-order valence-electron chi connectivity index (χ3n) is 4.17. The Kier molecular flexibility index (Phi) is 8.19. The first-order valence-corrected chi connectivity index (χ1v) is 10.6. The summed E-state index contributed by atoms with van der Waals surface area (Å²) in [6, 6.07) is 10.3. The summed E-state index contributed by atoms with van der Waals surface area (Å²) in [5, 5.41) is 4.85. The predicted molar refractivity (Wildman–Crippen MR) is 110 cm³/mol. The first-order valence-electron chi connectivity index (χ1n) is 8.76. The van der Waals surface area contributed by atoms with E-state index in [0.717, 1.165) is 4.88 Å². The molecule has 1 N–H and O–H groups in total. The minimum absolute atomic E-state index is 0.0232. The van der Waals surface area contributed by atoms with Crippen LogP contribution in [0, 0.1) is 13.8 Å². The number of amides is 2. The molecule has 0 aliphatic rings. The standard InChI is InChI=1S/C20H26N2O2S2/c1-4-22(14-19(23)21-13-18-6-5-10-25-18)20(24)9-11-26-17-8-7-15(2)16(3)12-17/h5-8,10,12H,4,9,11,13-14H2,1-3H3,(H,21,23). The number of carbonyl (C=O) groups is 2. The molecular formula is C20H26N2O2S2. The third kappa shape index (κ3) is 6.50. The van der Waals surface area contributed by atoms with Crippen molar-refractivity contribution >= 4 is 34.9 Å². The summed E-state index contributed by atoms with van der Waals surface area (Å²) < 4.78 is 0. The molecule has 0 fully saturated rings. The lowest BCUT2D eigenvalue weighted by molar-refractivity contribution is -0.135. The molecule has 0 bridgehead atoms. The minimum atomic E-state index is -0.115. The van der Waals surface area contributed by atoms with Crippen LogP contribution in [0.25, 0.3) is 0 Å². The van der Waals surface area contributed by atoms with Gasteiger partial charge in [0.25, 0.3) is 0 Å². The van der Waals surface area contributed by atoms with Crippen molar-refractivity contribution in [2.45, 2.75) is 38.6 Å². The lowest BCUT2D eigenvalue weighted by Gasteiger charge is -2.20. The van der Waals surface area contributed by atoms with Gasteiger partial charge in [0.15, 0.2) is 0 Å². The molecule has 0 spiro atoms. The van der Waals surface area contributed by atoms with Gasteiger partial charge in [0, 0.05) is 28.5 Å². The maximum Gasteiger partial charge on any atom is 0.239 e. The van der Waals surface area contributed by atoms with Gasteiger partial charge in [-0.05, 0) is 55.5 Å². The van der Waals surface area contributed by atoms with E-state index in [1.165, 1.54) is 16.0 Å². The van der Waals surface area contributed by atoms with E-state index in [4.69, 9.17) is 0 Å². The van der Waals surface area contributed by atoms with Crippen LogP contribution < -0.4 is 5.32 Å². The molecule has 6 heteroatoms. The van der Waals surface area contributed by atoms with Gasteiger partial charge in [-0.3, -0.25) is 9.59 Å². The molecule has 0 atom stereocenters. The van der Waals surface area contributed by atoms with Gasteiger partial charge in [-0.1, -0.05) is 12.1 Å². The van der Waals surface area contributed by atoms with Crippen LogP contribution in [0.5, 0.6) is 0 Å². The monoisotopic (exact) mass is 390 g/mol. The quantitative estimate of drug-likeness (QED) is 0.658. The SMILES string of the molecule is CCN(CC(=O)NCc1cccs1)C(=O)CCSc1ccc(C)c(C)c1. The third-order valence-corrected chi connectivity index (χ3v) is 6.04. The number of likely N-dealkylation sites (N-methyl/N-ethyl adjacent to an activating group) is 1. The first-order chi connectivity index (χ1) is 12.5. The van der Waals surface area contributed by atoms with Gasteiger partial charge in [-0.15, -0.1) is 23.1 Å². The Labute approximate surface area is 164 Å². The summed E-state index contributed by atoms with van der Waals surface area (Å²) in [4.78, 5) is 28.4. The molecule has 2 aromatic rings. The lowest BCUT2D eigenvalue weighted by Crippen LogP contribution is -2.40. The average molecular weight is 391 g/mol. The van der Waals surface area contributed by atoms with Crippen molar-refractivity contribution < 1.29 is 9.59 Å². The van der Waals surface area contributed by atoms with Gasteiger partial charge < -0.3 is 10.2 Å². The van der Waals surface area contributed by atoms with Gasteiger partial charge in [-0.2, -0.15) is 0 Å². The summed E-state index contributed by atoms with van der Waals surface area (Å²) in [5.74, 6) is 0.625. The molecule has 2 amide bonds. The number of hydrogen-bond acceptors (Lipinski definition) is 4. The highest BCUT2D eigenvalue weighted by molar-refractivity contribution is 7.99. The van der Waals surface area contributed by atoms with Crippen molar-refractivity contribution in [3.05, 3.63) is 51.7 Å². The highest BCUT2D eigenvalue weighted by Gasteiger charge is 2.15. The maximum atomic E-state index is 12.4. The van der Waals surface area contributed by atoms with Crippen LogP contribution in [0.4, 0.5) is 0 Å². The smallest absolute Gasteiger partial charge is 0.239 e. The van der Waals surface area contributed by atoms with E-state index >= 15 is 0 Å². The van der Waals surface area contributed by atoms with Gasteiger partial charge in [0.1, 0.15) is 0 Å². The molecule has 140 valence electrons. The molecule has 0 aliphatic heterocycles. The molecule has 0 unspecified atom stereocenters. The minimum Gasteiger partial charge on any atom is -0.350 e. The van der Waals surface area contributed by atoms with E-state index in [0.29, 0.717) is 25.3 Å². The molecule has 1 aromatic carbocycles. The summed E-state index contributed by atoms with van der Waals surface area (Å²) in [7, 11) is 0. The fourth-order valence-electron chi connectivity index (χ4n) is 2.42. The number of thioether (sulfide) groups is 1. The zero-order valence-electron chi connectivity index (χ0n) is 15.6. The van der Waals surface area contributed by atoms with E-state index in [9.17, 15) is 9.59 Å². The van der Waals surface area contributed by atoms with Crippen molar-refractivity contribution in [3.63, 3.8) is 0 Å². The molecule has 0 radical (unpaired) electrons. The van der Waals surface area contributed by atoms with Gasteiger partial charge in [-0.25, -0.2) is 0 Å². The van der Waals surface area contributed by atoms with Crippen molar-refractivity contribution in [1.82, 2.24) is 10.2 Å². The molecule has 1 aromatic heterocycles. The highest BCUT2D eigenvalue weighted by Crippen LogP contribution is 2.22. The number of benzene rings is 1. The van der Waals surface area contributed by atoms with Crippen molar-refractivity contribution in [2.24, 2.45) is 0 Å². The van der Waals surface area contributed by atoms with Crippen LogP contribution in [0.2, 0.25) is 0 Å². The second-order valence-corrected chi connectivity index (χ2v) is 8.31. The fraction of sp³-hybridized carbons (Fsp3) is 0.400. The van der Waals surface area contributed by atoms with Crippen LogP contribution in [-0.2, 0) is 16.1 Å². The zero-order chi connectivity index (χ0) is 18.9. The molecule has 0 aliphatic carbocycles. The number of rotatable bonds is 9. The van der Waals surface area contributed by atoms with Crippen LogP contribution in [-0.4, -0.2) is 35.6 Å². The molecule has 2 rings (SSSR count). The fourth-order valence-corrected chi connectivity index (χ4v) is 4.00. The number of nitrogens with one attached hydrogen (secondary N) is 1. The number of aryl methyl sites for hydroxylation is 2. The predicted octanol–water partition coefficient (Wildman–Crippen LogP) is 4.01. The summed E-state index contributed by atoms with van der Waals surface area (Å²) in [6.45, 7) is 7.27. The van der Waals surface area contributed by atoms with E-state index in [1.54, 1.807) is 28.0 Å². The van der Waals surface area contributed by atoms with E-state index in [-0.39, 0.29) is 18.4 Å². The van der Waals surface area contributed by atoms with Crippen molar-refractivity contribution in [1.29, 1.82) is 0 Å². The van der Waals surface area contributed by atoms with Crippen LogP contribution in [0.1, 0.15) is 29.3 Å².